The Morgan fingerprint density at radius 1 is 1.11 bits per heavy atom. The van der Waals surface area contributed by atoms with Crippen LogP contribution in [-0.4, -0.2) is 68.6 Å². The molecule has 10 heteroatoms. The van der Waals surface area contributed by atoms with Crippen LogP contribution < -0.4 is 20.9 Å². The number of hydrogen-bond acceptors (Lipinski definition) is 7. The molecule has 2 aliphatic heterocycles. The van der Waals surface area contributed by atoms with Gasteiger partial charge in [-0.1, -0.05) is 18.1 Å². The van der Waals surface area contributed by atoms with Crippen molar-refractivity contribution in [3.8, 4) is 12.3 Å². The zero-order chi connectivity index (χ0) is 27.0. The highest BCUT2D eigenvalue weighted by Gasteiger charge is 2.68. The van der Waals surface area contributed by atoms with E-state index in [0.717, 1.165) is 0 Å². The molecule has 2 saturated heterocycles. The third-order valence-electron chi connectivity index (χ3n) is 7.67. The highest BCUT2D eigenvalue weighted by Crippen LogP contribution is 2.49. The molecule has 3 amide bonds. The Kier molecular flexibility index (Phi) is 6.97. The van der Waals surface area contributed by atoms with Crippen molar-refractivity contribution in [1.82, 2.24) is 4.48 Å². The predicted molar refractivity (Wildman–Crippen MR) is 137 cm³/mol. The molecule has 10 nitrogen and oxygen atoms in total. The van der Waals surface area contributed by atoms with E-state index in [1.165, 1.54) is 14.2 Å². The number of amides is 3. The molecule has 2 aromatic rings. The van der Waals surface area contributed by atoms with Gasteiger partial charge in [-0.15, -0.1) is 6.42 Å². The van der Waals surface area contributed by atoms with Crippen LogP contribution in [0.5, 0.6) is 0 Å². The number of quaternary nitrogens is 1. The molecule has 4 rings (SSSR count). The molecule has 0 aliphatic carbocycles. The second-order valence-corrected chi connectivity index (χ2v) is 9.44. The van der Waals surface area contributed by atoms with Crippen LogP contribution in [0, 0.1) is 12.3 Å². The number of carbonyl (C=O) groups excluding carboxylic acids is 3. The third-order valence-corrected chi connectivity index (χ3v) is 7.67. The number of esters is 1. The number of β-amino-alcohol motifs (C(OH)–C–C–N with tert-alkyl or cyclic N) is 1. The van der Waals surface area contributed by atoms with Gasteiger partial charge in [0.05, 0.1) is 13.2 Å². The van der Waals surface area contributed by atoms with E-state index in [4.69, 9.17) is 27.4 Å². The number of ether oxygens (including phenoxy) is 2. The minimum absolute atomic E-state index is 0.0919. The van der Waals surface area contributed by atoms with Gasteiger partial charge in [0, 0.05) is 55.4 Å². The van der Waals surface area contributed by atoms with Crippen molar-refractivity contribution in [2.75, 3.05) is 32.2 Å². The molecule has 5 atom stereocenters. The van der Waals surface area contributed by atoms with Gasteiger partial charge in [0.2, 0.25) is 5.54 Å². The number of likely N-dealkylation sites (tertiary alicyclic amines) is 1. The summed E-state index contributed by atoms with van der Waals surface area (Å²) in [5.74, 6) is 1.35. The summed E-state index contributed by atoms with van der Waals surface area (Å²) in [6.45, 7) is 0.337. The quantitative estimate of drug-likeness (QED) is 0.300. The normalized spacial score (nSPS) is 29.0. The fourth-order valence-electron chi connectivity index (χ4n) is 5.87. The highest BCUT2D eigenvalue weighted by atomic mass is 16.5. The number of carbonyl (C=O) groups is 3. The zero-order valence-corrected chi connectivity index (χ0v) is 20.8. The van der Waals surface area contributed by atoms with E-state index >= 15 is 0 Å². The van der Waals surface area contributed by atoms with E-state index in [0.29, 0.717) is 22.5 Å². The second kappa shape index (κ2) is 9.86. The number of urea groups is 1. The fourth-order valence-corrected chi connectivity index (χ4v) is 5.87. The van der Waals surface area contributed by atoms with E-state index in [1.807, 2.05) is 0 Å². The summed E-state index contributed by atoms with van der Waals surface area (Å²) >= 11 is 0. The first-order valence-corrected chi connectivity index (χ1v) is 11.9. The Labute approximate surface area is 215 Å². The van der Waals surface area contributed by atoms with E-state index in [2.05, 4.69) is 5.92 Å². The SMILES string of the molecule is C#Cc1ccc([N+]2(C(N)=O)C[C@H](OC)C[C@]2(C(N)=O)c2ccc(N3CC(O)CC3C(=O)OC)cc2)cc1. The van der Waals surface area contributed by atoms with Crippen LogP contribution in [0.3, 0.4) is 0 Å². The first kappa shape index (κ1) is 26.2. The third kappa shape index (κ3) is 4.01. The number of rotatable bonds is 6. The standard InChI is InChI=1S/C27H30N4O6/c1-4-17-5-11-20(12-6-17)31(26(29)35)16-22(36-2)14-27(31,25(28)34)18-7-9-19(10-8-18)30-15-21(32)13-23(30)24(33)37-3/h1,5-12,21-23,32H,13-16H2,2-3H3,(H3-,28,29,34,35)/p+1/t21?,22-,23?,27-,31?/m1/s1. The number of benzene rings is 2. The van der Waals surface area contributed by atoms with Crippen LogP contribution in [0.25, 0.3) is 0 Å². The van der Waals surface area contributed by atoms with Gasteiger partial charge in [-0.05, 0) is 24.3 Å². The largest absolute Gasteiger partial charge is 0.467 e. The molecule has 194 valence electrons. The molecule has 0 saturated carbocycles. The Morgan fingerprint density at radius 3 is 2.27 bits per heavy atom. The van der Waals surface area contributed by atoms with Crippen molar-refractivity contribution < 1.29 is 29.0 Å². The lowest BCUT2D eigenvalue weighted by Gasteiger charge is -2.42. The molecular weight excluding hydrogens is 476 g/mol. The number of anilines is 1. The Balaban J connectivity index is 1.86. The van der Waals surface area contributed by atoms with Gasteiger partial charge in [-0.25, -0.2) is 9.59 Å². The zero-order valence-electron chi connectivity index (χ0n) is 20.8. The van der Waals surface area contributed by atoms with Gasteiger partial charge in [-0.2, -0.15) is 4.48 Å². The molecule has 0 radical (unpaired) electrons. The molecule has 2 aliphatic rings. The van der Waals surface area contributed by atoms with Crippen molar-refractivity contribution in [2.24, 2.45) is 11.5 Å². The number of terminal acetylenes is 1. The number of aliphatic hydroxyl groups is 1. The van der Waals surface area contributed by atoms with E-state index in [1.54, 1.807) is 53.4 Å². The number of primary amides is 2. The summed E-state index contributed by atoms with van der Waals surface area (Å²) in [5, 5.41) is 10.2. The molecule has 2 fully saturated rings. The number of methoxy groups -OCH3 is 2. The Hall–Kier alpha value is -3.91. The minimum atomic E-state index is -1.57. The maximum atomic E-state index is 13.4. The second-order valence-electron chi connectivity index (χ2n) is 9.44. The van der Waals surface area contributed by atoms with Gasteiger partial charge < -0.3 is 30.9 Å². The lowest BCUT2D eigenvalue weighted by atomic mass is 9.83. The number of nitrogens with zero attached hydrogens (tertiary/aromatic N) is 2. The lowest BCUT2D eigenvalue weighted by Crippen LogP contribution is -2.70. The Morgan fingerprint density at radius 2 is 1.76 bits per heavy atom. The molecule has 0 bridgehead atoms. The maximum Gasteiger partial charge on any atom is 0.420 e. The number of nitrogens with two attached hydrogens (primary N) is 2. The van der Waals surface area contributed by atoms with Crippen LogP contribution >= 0.6 is 0 Å². The van der Waals surface area contributed by atoms with Crippen molar-refractivity contribution in [1.29, 1.82) is 0 Å². The van der Waals surface area contributed by atoms with Crippen molar-refractivity contribution >= 4 is 29.3 Å². The van der Waals surface area contributed by atoms with Crippen LogP contribution in [0.2, 0.25) is 0 Å². The lowest BCUT2D eigenvalue weighted by molar-refractivity contribution is -0.142. The summed E-state index contributed by atoms with van der Waals surface area (Å²) in [4.78, 5) is 40.7. The van der Waals surface area contributed by atoms with E-state index < -0.39 is 46.2 Å². The van der Waals surface area contributed by atoms with Crippen molar-refractivity contribution in [2.45, 2.75) is 36.6 Å². The van der Waals surface area contributed by atoms with Crippen molar-refractivity contribution in [3.05, 3.63) is 59.7 Å². The summed E-state index contributed by atoms with van der Waals surface area (Å²) in [6, 6.07) is 12.2. The predicted octanol–water partition coefficient (Wildman–Crippen LogP) is 0.966. The minimum Gasteiger partial charge on any atom is -0.467 e. The van der Waals surface area contributed by atoms with E-state index in [9.17, 15) is 19.5 Å². The van der Waals surface area contributed by atoms with Crippen LogP contribution in [0.15, 0.2) is 48.5 Å². The van der Waals surface area contributed by atoms with Gasteiger partial charge >= 0.3 is 12.0 Å². The van der Waals surface area contributed by atoms with Gasteiger partial charge in [0.15, 0.2) is 0 Å². The van der Waals surface area contributed by atoms with Crippen molar-refractivity contribution in [3.63, 3.8) is 0 Å². The summed E-state index contributed by atoms with van der Waals surface area (Å²) in [7, 11) is 2.81. The molecule has 2 heterocycles. The molecule has 37 heavy (non-hydrogen) atoms. The fraction of sp³-hybridized carbons (Fsp3) is 0.370. The van der Waals surface area contributed by atoms with Crippen LogP contribution in [0.1, 0.15) is 24.0 Å². The summed E-state index contributed by atoms with van der Waals surface area (Å²) in [5.41, 5.74) is 12.8. The van der Waals surface area contributed by atoms with Crippen LogP contribution in [-0.2, 0) is 24.6 Å². The molecule has 3 unspecified atom stereocenters. The number of hydrogen-bond donors (Lipinski definition) is 3. The average molecular weight is 508 g/mol. The molecule has 2 aromatic carbocycles. The van der Waals surface area contributed by atoms with E-state index in [-0.39, 0.29) is 25.9 Å². The average Bonchev–Trinajstić information content (AvgIpc) is 3.48. The first-order chi connectivity index (χ1) is 17.6. The summed E-state index contributed by atoms with van der Waals surface area (Å²) < 4.78 is 9.95. The van der Waals surface area contributed by atoms with Crippen LogP contribution in [0.4, 0.5) is 16.2 Å². The first-order valence-electron chi connectivity index (χ1n) is 11.9. The molecule has 0 spiro atoms. The van der Waals surface area contributed by atoms with Gasteiger partial charge in [-0.3, -0.25) is 4.79 Å². The smallest absolute Gasteiger partial charge is 0.420 e. The monoisotopic (exact) mass is 507 g/mol. The topological polar surface area (TPSA) is 145 Å². The molecular formula is C27H31N4O6+. The van der Waals surface area contributed by atoms with Gasteiger partial charge in [0.1, 0.15) is 24.4 Å². The maximum absolute atomic E-state index is 13.4. The molecule has 5 N–H and O–H groups in total. The summed E-state index contributed by atoms with van der Waals surface area (Å²) in [6.07, 6.45) is 4.67. The molecule has 0 aromatic heterocycles. The Bertz CT molecular complexity index is 1240. The number of aliphatic hydroxyl groups excluding tert-OH is 1. The highest BCUT2D eigenvalue weighted by molar-refractivity contribution is 5.99. The van der Waals surface area contributed by atoms with Gasteiger partial charge in [0.25, 0.3) is 5.91 Å².